The molecular weight excluding hydrogens is 274 g/mol. The largest absolute Gasteiger partial charge is 0.454 e. The van der Waals surface area contributed by atoms with Gasteiger partial charge in [0.1, 0.15) is 18.2 Å². The van der Waals surface area contributed by atoms with Gasteiger partial charge in [0.2, 0.25) is 0 Å². The molecule has 3 rings (SSSR count). The Bertz CT molecular complexity index is 725. The molecule has 22 heavy (non-hydrogen) atoms. The highest BCUT2D eigenvalue weighted by atomic mass is 16.7. The van der Waals surface area contributed by atoms with Crippen LogP contribution in [0.15, 0.2) is 30.7 Å². The minimum absolute atomic E-state index is 0.437. The summed E-state index contributed by atoms with van der Waals surface area (Å²) < 4.78 is 10.8. The smallest absolute Gasteiger partial charge is 0.283 e. The van der Waals surface area contributed by atoms with E-state index in [0.29, 0.717) is 0 Å². The van der Waals surface area contributed by atoms with Crippen LogP contribution in [0.5, 0.6) is 0 Å². The predicted octanol–water partition coefficient (Wildman–Crippen LogP) is 4.81. The van der Waals surface area contributed by atoms with Crippen LogP contribution in [0, 0.1) is 34.6 Å². The van der Waals surface area contributed by atoms with E-state index in [1.807, 2.05) is 12.1 Å². The highest BCUT2D eigenvalue weighted by molar-refractivity contribution is 5.72. The van der Waals surface area contributed by atoms with Crippen LogP contribution in [0.4, 0.5) is 0 Å². The molecule has 0 saturated heterocycles. The van der Waals surface area contributed by atoms with Gasteiger partial charge < -0.3 is 9.47 Å². The summed E-state index contributed by atoms with van der Waals surface area (Å²) in [7, 11) is 0. The quantitative estimate of drug-likeness (QED) is 0.797. The minimum atomic E-state index is -0.437. The van der Waals surface area contributed by atoms with Gasteiger partial charge in [0.25, 0.3) is 6.29 Å². The Balaban J connectivity index is 2.14. The van der Waals surface area contributed by atoms with Gasteiger partial charge in [0, 0.05) is 5.56 Å². The number of hydrogen-bond donors (Lipinski definition) is 0. The summed E-state index contributed by atoms with van der Waals surface area (Å²) >= 11 is 0. The summed E-state index contributed by atoms with van der Waals surface area (Å²) in [6, 6.07) is 5.99. The molecular formula is C19H21NO2. The third-order valence-corrected chi connectivity index (χ3v) is 4.73. The number of aromatic nitrogens is 1. The monoisotopic (exact) mass is 295 g/mol. The fourth-order valence-electron chi connectivity index (χ4n) is 2.98. The van der Waals surface area contributed by atoms with E-state index in [2.05, 4.69) is 40.7 Å². The summed E-state index contributed by atoms with van der Waals surface area (Å²) in [6.07, 6.45) is 2.67. The summed E-state index contributed by atoms with van der Waals surface area (Å²) in [6.45, 7) is 10.9. The van der Waals surface area contributed by atoms with Crippen LogP contribution in [0.3, 0.4) is 0 Å². The Morgan fingerprint density at radius 2 is 1.32 bits per heavy atom. The van der Waals surface area contributed by atoms with Crippen LogP contribution in [0.2, 0.25) is 0 Å². The van der Waals surface area contributed by atoms with Gasteiger partial charge in [-0.1, -0.05) is 6.07 Å². The Morgan fingerprint density at radius 3 is 1.91 bits per heavy atom. The fraction of sp³-hybridized carbons (Fsp3) is 0.316. The average Bonchev–Trinajstić information content (AvgIpc) is 3.06. The predicted molar refractivity (Wildman–Crippen MR) is 87.4 cm³/mol. The van der Waals surface area contributed by atoms with Crippen molar-refractivity contribution in [1.82, 2.24) is 4.98 Å². The molecule has 0 saturated carbocycles. The fourth-order valence-corrected chi connectivity index (χ4v) is 2.98. The number of hydrogen-bond acceptors (Lipinski definition) is 3. The lowest BCUT2D eigenvalue weighted by Crippen LogP contribution is -2.04. The summed E-state index contributed by atoms with van der Waals surface area (Å²) in [5.41, 5.74) is 9.58. The van der Waals surface area contributed by atoms with Gasteiger partial charge in [-0.25, -0.2) is 4.98 Å². The van der Waals surface area contributed by atoms with Crippen LogP contribution in [-0.4, -0.2) is 4.98 Å². The van der Waals surface area contributed by atoms with Crippen molar-refractivity contribution in [3.05, 3.63) is 64.2 Å². The van der Waals surface area contributed by atoms with Crippen molar-refractivity contribution in [2.75, 3.05) is 0 Å². The van der Waals surface area contributed by atoms with Crippen molar-refractivity contribution in [2.45, 2.75) is 40.9 Å². The van der Waals surface area contributed by atoms with Gasteiger partial charge in [-0.2, -0.15) is 0 Å². The molecule has 114 valence electrons. The molecule has 1 aromatic heterocycles. The molecule has 0 atom stereocenters. The maximum absolute atomic E-state index is 5.39. The van der Waals surface area contributed by atoms with Crippen molar-refractivity contribution in [3.63, 3.8) is 0 Å². The summed E-state index contributed by atoms with van der Waals surface area (Å²) in [4.78, 5) is 4.77. The Kier molecular flexibility index (Phi) is 3.65. The molecule has 0 amide bonds. The molecule has 3 nitrogen and oxygen atoms in total. The number of pyridine rings is 1. The lowest BCUT2D eigenvalue weighted by molar-refractivity contribution is -0.0278. The first kappa shape index (κ1) is 14.6. The zero-order valence-electron chi connectivity index (χ0n) is 13.7. The summed E-state index contributed by atoms with van der Waals surface area (Å²) in [5, 5.41) is 0. The molecule has 0 fully saturated rings. The molecule has 2 aromatic rings. The van der Waals surface area contributed by atoms with E-state index < -0.39 is 6.29 Å². The van der Waals surface area contributed by atoms with Crippen LogP contribution in [0.25, 0.3) is 11.3 Å². The summed E-state index contributed by atoms with van der Waals surface area (Å²) in [5.74, 6) is 0. The maximum atomic E-state index is 5.39. The number of nitrogens with zero attached hydrogens (tertiary/aromatic N) is 1. The van der Waals surface area contributed by atoms with Gasteiger partial charge >= 0.3 is 0 Å². The molecule has 0 aliphatic carbocycles. The first-order valence-corrected chi connectivity index (χ1v) is 7.51. The number of ether oxygens (including phenoxy) is 2. The molecule has 1 aliphatic rings. The topological polar surface area (TPSA) is 31.4 Å². The van der Waals surface area contributed by atoms with Crippen molar-refractivity contribution in [2.24, 2.45) is 0 Å². The molecule has 0 N–H and O–H groups in total. The first-order chi connectivity index (χ1) is 10.5. The molecule has 0 unspecified atom stereocenters. The van der Waals surface area contributed by atoms with Crippen molar-refractivity contribution in [1.29, 1.82) is 0 Å². The number of rotatable bonds is 2. The van der Waals surface area contributed by atoms with E-state index in [4.69, 9.17) is 14.5 Å². The Morgan fingerprint density at radius 1 is 0.773 bits per heavy atom. The molecule has 1 aliphatic heterocycles. The Hall–Kier alpha value is -2.29. The second-order valence-corrected chi connectivity index (χ2v) is 5.82. The molecule has 2 heterocycles. The lowest BCUT2D eigenvalue weighted by Gasteiger charge is -2.19. The lowest BCUT2D eigenvalue weighted by atomic mass is 9.88. The number of benzene rings is 1. The van der Waals surface area contributed by atoms with Crippen molar-refractivity contribution < 1.29 is 9.47 Å². The van der Waals surface area contributed by atoms with E-state index in [-0.39, 0.29) is 0 Å². The third-order valence-electron chi connectivity index (χ3n) is 4.73. The van der Waals surface area contributed by atoms with E-state index >= 15 is 0 Å². The van der Waals surface area contributed by atoms with Gasteiger partial charge in [0.15, 0.2) is 0 Å². The standard InChI is InChI=1S/C19H21NO2/c1-11-12(2)14(4)18(15(5)13(11)3)16-7-6-8-17(20-16)19-21-9-10-22-19/h6-10,19H,1-5H3. The molecule has 0 radical (unpaired) electrons. The third kappa shape index (κ3) is 2.27. The van der Waals surface area contributed by atoms with E-state index in [1.54, 1.807) is 12.5 Å². The highest BCUT2D eigenvalue weighted by Gasteiger charge is 2.19. The normalized spacial score (nSPS) is 14.0. The van der Waals surface area contributed by atoms with Crippen molar-refractivity contribution in [3.8, 4) is 11.3 Å². The molecule has 1 aromatic carbocycles. The van der Waals surface area contributed by atoms with Gasteiger partial charge in [-0.15, -0.1) is 0 Å². The van der Waals surface area contributed by atoms with Crippen LogP contribution < -0.4 is 0 Å². The first-order valence-electron chi connectivity index (χ1n) is 7.51. The Labute approximate surface area is 131 Å². The van der Waals surface area contributed by atoms with E-state index in [0.717, 1.165) is 11.4 Å². The minimum Gasteiger partial charge on any atom is -0.454 e. The van der Waals surface area contributed by atoms with Gasteiger partial charge in [0.05, 0.1) is 5.69 Å². The van der Waals surface area contributed by atoms with Gasteiger partial charge in [-0.3, -0.25) is 0 Å². The molecule has 3 heteroatoms. The SMILES string of the molecule is Cc1c(C)c(C)c(-c2cccc(C3OC=CO3)n2)c(C)c1C. The maximum Gasteiger partial charge on any atom is 0.283 e. The molecule has 0 bridgehead atoms. The van der Waals surface area contributed by atoms with Crippen molar-refractivity contribution >= 4 is 0 Å². The zero-order chi connectivity index (χ0) is 15.9. The second-order valence-electron chi connectivity index (χ2n) is 5.82. The highest BCUT2D eigenvalue weighted by Crippen LogP contribution is 2.34. The van der Waals surface area contributed by atoms with Crippen LogP contribution in [0.1, 0.15) is 39.8 Å². The van der Waals surface area contributed by atoms with E-state index in [1.165, 1.54) is 33.4 Å². The van der Waals surface area contributed by atoms with Crippen LogP contribution >= 0.6 is 0 Å². The van der Waals surface area contributed by atoms with Gasteiger partial charge in [-0.05, 0) is 74.6 Å². The van der Waals surface area contributed by atoms with Crippen LogP contribution in [-0.2, 0) is 9.47 Å². The second kappa shape index (κ2) is 5.48. The zero-order valence-corrected chi connectivity index (χ0v) is 13.7. The molecule has 0 spiro atoms. The average molecular weight is 295 g/mol. The van der Waals surface area contributed by atoms with E-state index in [9.17, 15) is 0 Å².